The number of fused-ring (bicyclic) bond motifs is 1. The topological polar surface area (TPSA) is 75.9 Å². The van der Waals surface area contributed by atoms with Gasteiger partial charge in [0.2, 0.25) is 0 Å². The highest BCUT2D eigenvalue weighted by atomic mass is 35.5. The van der Waals surface area contributed by atoms with Crippen LogP contribution in [0.2, 0.25) is 5.02 Å². The van der Waals surface area contributed by atoms with Gasteiger partial charge in [0.1, 0.15) is 11.8 Å². The standard InChI is InChI=1S/C18H20ClN5O/c1-11-6-14(7-15(11)25)24-10-23-16-17(21-9-22-18(16)24)20-8-12-2-4-13(19)5-3-12/h2-5,9-11,14-15,25H,6-8H2,1H3,(H,20,21,22)/t11-,14+,15-/m0/s1. The molecule has 0 radical (unpaired) electrons. The van der Waals surface area contributed by atoms with E-state index in [0.717, 1.165) is 34.6 Å². The quantitative estimate of drug-likeness (QED) is 0.748. The van der Waals surface area contributed by atoms with Crippen LogP contribution in [-0.4, -0.2) is 30.7 Å². The van der Waals surface area contributed by atoms with E-state index < -0.39 is 0 Å². The van der Waals surface area contributed by atoms with Gasteiger partial charge in [-0.15, -0.1) is 0 Å². The molecule has 3 aromatic rings. The van der Waals surface area contributed by atoms with Gasteiger partial charge in [0.25, 0.3) is 0 Å². The van der Waals surface area contributed by atoms with Gasteiger partial charge in [-0.25, -0.2) is 15.0 Å². The van der Waals surface area contributed by atoms with Gasteiger partial charge in [-0.05, 0) is 36.5 Å². The molecule has 0 spiro atoms. The van der Waals surface area contributed by atoms with Crippen LogP contribution in [-0.2, 0) is 6.54 Å². The molecule has 0 aliphatic heterocycles. The molecule has 2 N–H and O–H groups in total. The third-order valence-corrected chi connectivity index (χ3v) is 5.19. The second kappa shape index (κ2) is 6.61. The van der Waals surface area contributed by atoms with Crippen molar-refractivity contribution in [3.8, 4) is 0 Å². The highest BCUT2D eigenvalue weighted by Crippen LogP contribution is 2.36. The van der Waals surface area contributed by atoms with Gasteiger partial charge in [-0.3, -0.25) is 0 Å². The molecular weight excluding hydrogens is 338 g/mol. The number of rotatable bonds is 4. The summed E-state index contributed by atoms with van der Waals surface area (Å²) in [5.74, 6) is 1.01. The van der Waals surface area contributed by atoms with Gasteiger partial charge in [0.15, 0.2) is 11.5 Å². The molecule has 4 rings (SSSR count). The average molecular weight is 358 g/mol. The number of nitrogens with one attached hydrogen (secondary N) is 1. The molecule has 0 amide bonds. The van der Waals surface area contributed by atoms with Crippen LogP contribution in [0.25, 0.3) is 11.2 Å². The number of aliphatic hydroxyl groups is 1. The lowest BCUT2D eigenvalue weighted by Crippen LogP contribution is -2.09. The number of hydrogen-bond acceptors (Lipinski definition) is 5. The number of benzene rings is 1. The summed E-state index contributed by atoms with van der Waals surface area (Å²) in [5.41, 5.74) is 2.67. The number of hydrogen-bond donors (Lipinski definition) is 2. The first-order valence-electron chi connectivity index (χ1n) is 8.45. The van der Waals surface area contributed by atoms with E-state index in [2.05, 4.69) is 31.8 Å². The van der Waals surface area contributed by atoms with Crippen LogP contribution in [0.15, 0.2) is 36.9 Å². The molecule has 2 aromatic heterocycles. The molecule has 6 nitrogen and oxygen atoms in total. The molecule has 0 bridgehead atoms. The molecule has 130 valence electrons. The molecule has 1 aromatic carbocycles. The van der Waals surface area contributed by atoms with Crippen molar-refractivity contribution < 1.29 is 5.11 Å². The largest absolute Gasteiger partial charge is 0.393 e. The SMILES string of the molecule is C[C@H]1C[C@@H](n2cnc3c(NCc4ccc(Cl)cc4)ncnc32)C[C@@H]1O. The van der Waals surface area contributed by atoms with Gasteiger partial charge in [-0.1, -0.05) is 30.7 Å². The normalized spacial score (nSPS) is 23.2. The van der Waals surface area contributed by atoms with Crippen LogP contribution in [0.4, 0.5) is 5.82 Å². The molecule has 1 saturated carbocycles. The van der Waals surface area contributed by atoms with Crippen molar-refractivity contribution in [3.63, 3.8) is 0 Å². The van der Waals surface area contributed by atoms with Gasteiger partial charge in [0, 0.05) is 17.6 Å². The first-order chi connectivity index (χ1) is 12.1. The van der Waals surface area contributed by atoms with Crippen molar-refractivity contribution >= 4 is 28.6 Å². The first-order valence-corrected chi connectivity index (χ1v) is 8.83. The highest BCUT2D eigenvalue weighted by Gasteiger charge is 2.32. The van der Waals surface area contributed by atoms with E-state index in [0.29, 0.717) is 18.3 Å². The third kappa shape index (κ3) is 3.19. The fourth-order valence-corrected chi connectivity index (χ4v) is 3.58. The molecule has 1 aliphatic rings. The van der Waals surface area contributed by atoms with E-state index in [9.17, 15) is 5.11 Å². The number of nitrogens with zero attached hydrogens (tertiary/aromatic N) is 4. The Morgan fingerprint density at radius 1 is 1.20 bits per heavy atom. The van der Waals surface area contributed by atoms with E-state index in [1.54, 1.807) is 6.33 Å². The Kier molecular flexibility index (Phi) is 4.31. The molecule has 0 saturated heterocycles. The van der Waals surface area contributed by atoms with Crippen LogP contribution in [0.1, 0.15) is 31.4 Å². The molecule has 7 heteroatoms. The summed E-state index contributed by atoms with van der Waals surface area (Å²) in [5, 5.41) is 14.1. The van der Waals surface area contributed by atoms with Crippen LogP contribution in [0, 0.1) is 5.92 Å². The average Bonchev–Trinajstić information content (AvgIpc) is 3.18. The van der Waals surface area contributed by atoms with E-state index in [1.165, 1.54) is 0 Å². The lowest BCUT2D eigenvalue weighted by Gasteiger charge is -2.12. The van der Waals surface area contributed by atoms with Crippen molar-refractivity contribution in [1.29, 1.82) is 0 Å². The second-order valence-electron chi connectivity index (χ2n) is 6.70. The third-order valence-electron chi connectivity index (χ3n) is 4.94. The first kappa shape index (κ1) is 16.3. The maximum absolute atomic E-state index is 10.0. The van der Waals surface area contributed by atoms with Gasteiger partial charge >= 0.3 is 0 Å². The number of aliphatic hydroxyl groups excluding tert-OH is 1. The fourth-order valence-electron chi connectivity index (χ4n) is 3.46. The predicted octanol–water partition coefficient (Wildman–Crippen LogP) is 3.42. The van der Waals surface area contributed by atoms with Crippen molar-refractivity contribution in [2.75, 3.05) is 5.32 Å². The van der Waals surface area contributed by atoms with Crippen LogP contribution < -0.4 is 5.32 Å². The van der Waals surface area contributed by atoms with Crippen molar-refractivity contribution in [3.05, 3.63) is 47.5 Å². The lowest BCUT2D eigenvalue weighted by atomic mass is 10.1. The molecule has 2 heterocycles. The highest BCUT2D eigenvalue weighted by molar-refractivity contribution is 6.30. The molecule has 3 atom stereocenters. The van der Waals surface area contributed by atoms with Crippen molar-refractivity contribution in [1.82, 2.24) is 19.5 Å². The smallest absolute Gasteiger partial charge is 0.165 e. The Balaban J connectivity index is 1.57. The minimum absolute atomic E-state index is 0.231. The summed E-state index contributed by atoms with van der Waals surface area (Å²) < 4.78 is 2.07. The number of aromatic nitrogens is 4. The van der Waals surface area contributed by atoms with Crippen molar-refractivity contribution in [2.24, 2.45) is 5.92 Å². The monoisotopic (exact) mass is 357 g/mol. The zero-order valence-corrected chi connectivity index (χ0v) is 14.7. The summed E-state index contributed by atoms with van der Waals surface area (Å²) in [7, 11) is 0. The van der Waals surface area contributed by atoms with E-state index in [-0.39, 0.29) is 12.1 Å². The minimum Gasteiger partial charge on any atom is -0.393 e. The summed E-state index contributed by atoms with van der Waals surface area (Å²) in [4.78, 5) is 13.3. The van der Waals surface area contributed by atoms with E-state index in [1.807, 2.05) is 30.6 Å². The molecule has 25 heavy (non-hydrogen) atoms. The number of halogens is 1. The van der Waals surface area contributed by atoms with Crippen LogP contribution >= 0.6 is 11.6 Å². The Bertz CT molecular complexity index is 869. The maximum Gasteiger partial charge on any atom is 0.165 e. The summed E-state index contributed by atoms with van der Waals surface area (Å²) >= 11 is 5.92. The Hall–Kier alpha value is -2.18. The Morgan fingerprint density at radius 3 is 2.72 bits per heavy atom. The summed E-state index contributed by atoms with van der Waals surface area (Å²) in [6.45, 7) is 2.72. The molecular formula is C18H20ClN5O. The second-order valence-corrected chi connectivity index (χ2v) is 7.13. The van der Waals surface area contributed by atoms with Crippen molar-refractivity contribution in [2.45, 2.75) is 38.5 Å². The molecule has 1 aliphatic carbocycles. The van der Waals surface area contributed by atoms with E-state index >= 15 is 0 Å². The number of imidazole rings is 1. The summed E-state index contributed by atoms with van der Waals surface area (Å²) in [6, 6.07) is 7.93. The number of anilines is 1. The van der Waals surface area contributed by atoms with Crippen LogP contribution in [0.5, 0.6) is 0 Å². The molecule has 0 unspecified atom stereocenters. The molecule has 1 fully saturated rings. The van der Waals surface area contributed by atoms with Gasteiger partial charge in [0.05, 0.1) is 12.4 Å². The zero-order chi connectivity index (χ0) is 17.4. The van der Waals surface area contributed by atoms with Gasteiger partial charge in [-0.2, -0.15) is 0 Å². The lowest BCUT2D eigenvalue weighted by molar-refractivity contribution is 0.139. The minimum atomic E-state index is -0.258. The maximum atomic E-state index is 10.0. The Labute approximate surface area is 150 Å². The zero-order valence-electron chi connectivity index (χ0n) is 13.9. The Morgan fingerprint density at radius 2 is 2.00 bits per heavy atom. The summed E-state index contributed by atoms with van der Waals surface area (Å²) in [6.07, 6.45) is 4.78. The van der Waals surface area contributed by atoms with Gasteiger partial charge < -0.3 is 15.0 Å². The van der Waals surface area contributed by atoms with E-state index in [4.69, 9.17) is 11.6 Å². The fraction of sp³-hybridized carbons (Fsp3) is 0.389. The predicted molar refractivity (Wildman–Crippen MR) is 97.5 cm³/mol. The van der Waals surface area contributed by atoms with Crippen LogP contribution in [0.3, 0.4) is 0 Å².